The first-order valence-corrected chi connectivity index (χ1v) is 5.39. The van der Waals surface area contributed by atoms with Crippen molar-refractivity contribution in [3.8, 4) is 0 Å². The fourth-order valence-corrected chi connectivity index (χ4v) is 2.39. The van der Waals surface area contributed by atoms with Gasteiger partial charge >= 0.3 is 0 Å². The molecule has 16 heavy (non-hydrogen) atoms. The summed E-state index contributed by atoms with van der Waals surface area (Å²) >= 11 is 0. The van der Waals surface area contributed by atoms with Crippen molar-refractivity contribution in [1.29, 1.82) is 0 Å². The summed E-state index contributed by atoms with van der Waals surface area (Å²) in [4.78, 5) is 24.5. The average molecular weight is 217 g/mol. The third-order valence-corrected chi connectivity index (χ3v) is 2.89. The Labute approximate surface area is 95.1 Å². The van der Waals surface area contributed by atoms with Crippen molar-refractivity contribution < 1.29 is 9.59 Å². The topological polar surface area (TPSA) is 37.4 Å². The number of Topliss-reactive ketones (excluding diaryl/α,β-unsaturated/α-hetero) is 1. The number of amides is 1. The summed E-state index contributed by atoms with van der Waals surface area (Å²) in [6.07, 6.45) is 0.0484. The second-order valence-electron chi connectivity index (χ2n) is 4.44. The Hall–Kier alpha value is -1.64. The van der Waals surface area contributed by atoms with Crippen LogP contribution < -0.4 is 4.90 Å². The Morgan fingerprint density at radius 2 is 1.62 bits per heavy atom. The number of benzene rings is 1. The summed E-state index contributed by atoms with van der Waals surface area (Å²) in [6, 6.07) is 4.08. The van der Waals surface area contributed by atoms with E-state index >= 15 is 0 Å². The van der Waals surface area contributed by atoms with Gasteiger partial charge in [0.15, 0.2) is 5.78 Å². The predicted molar refractivity (Wildman–Crippen MR) is 62.6 cm³/mol. The third-order valence-electron chi connectivity index (χ3n) is 2.89. The molecule has 1 saturated heterocycles. The van der Waals surface area contributed by atoms with Gasteiger partial charge in [0.1, 0.15) is 0 Å². The zero-order valence-electron chi connectivity index (χ0n) is 9.83. The smallest absolute Gasteiger partial charge is 0.234 e. The molecule has 0 N–H and O–H groups in total. The van der Waals surface area contributed by atoms with Gasteiger partial charge < -0.3 is 4.90 Å². The molecular formula is C13H15NO2. The van der Waals surface area contributed by atoms with E-state index in [9.17, 15) is 9.59 Å². The Bertz CT molecular complexity index is 454. The van der Waals surface area contributed by atoms with Crippen LogP contribution in [0.4, 0.5) is 5.69 Å². The summed E-state index contributed by atoms with van der Waals surface area (Å²) in [5.74, 6) is -0.0792. The van der Waals surface area contributed by atoms with Gasteiger partial charge in [-0.25, -0.2) is 0 Å². The summed E-state index contributed by atoms with van der Waals surface area (Å²) in [6.45, 7) is 6.21. The lowest BCUT2D eigenvalue weighted by Crippen LogP contribution is -2.26. The lowest BCUT2D eigenvalue weighted by atomic mass is 10.0. The number of nitrogens with zero attached hydrogens (tertiary/aromatic N) is 1. The molecule has 0 aromatic heterocycles. The minimum Gasteiger partial charge on any atom is -0.304 e. The first-order chi connectivity index (χ1) is 7.49. The van der Waals surface area contributed by atoms with Crippen LogP contribution in [0, 0.1) is 20.8 Å². The highest BCUT2D eigenvalue weighted by Crippen LogP contribution is 2.28. The van der Waals surface area contributed by atoms with Crippen LogP contribution in [0.2, 0.25) is 0 Å². The molecule has 0 aliphatic carbocycles. The molecule has 1 heterocycles. The van der Waals surface area contributed by atoms with Gasteiger partial charge in [0.25, 0.3) is 0 Å². The van der Waals surface area contributed by atoms with Gasteiger partial charge in [-0.15, -0.1) is 0 Å². The van der Waals surface area contributed by atoms with Gasteiger partial charge in [-0.3, -0.25) is 9.59 Å². The minimum absolute atomic E-state index is 0.00405. The van der Waals surface area contributed by atoms with Gasteiger partial charge in [0, 0.05) is 5.69 Å². The van der Waals surface area contributed by atoms with Crippen molar-refractivity contribution in [3.63, 3.8) is 0 Å². The Balaban J connectivity index is 2.48. The average Bonchev–Trinajstić information content (AvgIpc) is 2.43. The zero-order chi connectivity index (χ0) is 11.9. The first kappa shape index (κ1) is 10.9. The normalized spacial score (nSPS) is 16.1. The molecule has 0 atom stereocenters. The first-order valence-electron chi connectivity index (χ1n) is 5.39. The number of aryl methyl sites for hydroxylation is 3. The summed E-state index contributed by atoms with van der Waals surface area (Å²) in [5, 5.41) is 0. The van der Waals surface area contributed by atoms with Gasteiger partial charge in [0.2, 0.25) is 5.91 Å². The maximum Gasteiger partial charge on any atom is 0.234 e. The molecule has 2 rings (SSSR count). The Morgan fingerprint density at radius 1 is 1.06 bits per heavy atom. The quantitative estimate of drug-likeness (QED) is 0.674. The number of rotatable bonds is 1. The van der Waals surface area contributed by atoms with Crippen LogP contribution in [0.5, 0.6) is 0 Å². The summed E-state index contributed by atoms with van der Waals surface area (Å²) in [5.41, 5.74) is 4.19. The van der Waals surface area contributed by atoms with Gasteiger partial charge in [-0.05, 0) is 31.9 Å². The van der Waals surface area contributed by atoms with Crippen molar-refractivity contribution in [2.24, 2.45) is 0 Å². The molecule has 1 fully saturated rings. The highest BCUT2D eigenvalue weighted by atomic mass is 16.2. The number of hydrogen-bond donors (Lipinski definition) is 0. The number of carbonyl (C=O) groups is 2. The molecule has 0 saturated carbocycles. The van der Waals surface area contributed by atoms with Gasteiger partial charge in [0.05, 0.1) is 13.0 Å². The highest BCUT2D eigenvalue weighted by molar-refractivity contribution is 6.15. The summed E-state index contributed by atoms with van der Waals surface area (Å²) < 4.78 is 0. The van der Waals surface area contributed by atoms with E-state index in [1.54, 1.807) is 4.90 Å². The van der Waals surface area contributed by atoms with Crippen molar-refractivity contribution in [2.75, 3.05) is 11.4 Å². The molecule has 1 amide bonds. The lowest BCUT2D eigenvalue weighted by Gasteiger charge is -2.20. The van der Waals surface area contributed by atoms with Crippen LogP contribution in [-0.4, -0.2) is 18.2 Å². The maximum absolute atomic E-state index is 11.7. The van der Waals surface area contributed by atoms with Crippen LogP contribution in [-0.2, 0) is 9.59 Å². The monoisotopic (exact) mass is 217 g/mol. The zero-order valence-corrected chi connectivity index (χ0v) is 9.83. The largest absolute Gasteiger partial charge is 0.304 e. The van der Waals surface area contributed by atoms with E-state index < -0.39 is 0 Å². The SMILES string of the molecule is Cc1cc(C)c(N2CC(=O)CC2=O)c(C)c1. The second-order valence-corrected chi connectivity index (χ2v) is 4.44. The molecule has 0 unspecified atom stereocenters. The molecule has 1 aromatic carbocycles. The number of hydrogen-bond acceptors (Lipinski definition) is 2. The molecule has 0 bridgehead atoms. The molecular weight excluding hydrogens is 202 g/mol. The van der Waals surface area contributed by atoms with Crippen molar-refractivity contribution in [1.82, 2.24) is 0 Å². The van der Waals surface area contributed by atoms with Gasteiger partial charge in [-0.2, -0.15) is 0 Å². The lowest BCUT2D eigenvalue weighted by molar-refractivity contribution is -0.121. The van der Waals surface area contributed by atoms with Crippen LogP contribution in [0.15, 0.2) is 12.1 Å². The van der Waals surface area contributed by atoms with Crippen molar-refractivity contribution in [3.05, 3.63) is 28.8 Å². The maximum atomic E-state index is 11.7. The van der Waals surface area contributed by atoms with E-state index in [1.165, 1.54) is 5.56 Å². The van der Waals surface area contributed by atoms with E-state index in [4.69, 9.17) is 0 Å². The second kappa shape index (κ2) is 3.74. The van der Waals surface area contributed by atoms with Crippen molar-refractivity contribution in [2.45, 2.75) is 27.2 Å². The van der Waals surface area contributed by atoms with Crippen molar-refractivity contribution >= 4 is 17.4 Å². The molecule has 0 spiro atoms. The van der Waals surface area contributed by atoms with E-state index in [1.807, 2.05) is 32.9 Å². The fourth-order valence-electron chi connectivity index (χ4n) is 2.39. The standard InChI is InChI=1S/C13H15NO2/c1-8-4-9(2)13(10(3)5-8)14-7-11(15)6-12(14)16/h4-5H,6-7H2,1-3H3. The van der Waals surface area contributed by atoms with Crippen LogP contribution in [0.1, 0.15) is 23.1 Å². The molecule has 3 nitrogen and oxygen atoms in total. The molecule has 1 aliphatic heterocycles. The third kappa shape index (κ3) is 1.73. The molecule has 0 radical (unpaired) electrons. The Morgan fingerprint density at radius 3 is 2.06 bits per heavy atom. The van der Waals surface area contributed by atoms with Gasteiger partial charge in [-0.1, -0.05) is 17.7 Å². The van der Waals surface area contributed by atoms with E-state index in [2.05, 4.69) is 0 Å². The van der Waals surface area contributed by atoms with E-state index in [0.29, 0.717) is 0 Å². The van der Waals surface area contributed by atoms with Crippen LogP contribution in [0.3, 0.4) is 0 Å². The minimum atomic E-state index is -0.0833. The molecule has 1 aliphatic rings. The van der Waals surface area contributed by atoms with E-state index in [0.717, 1.165) is 16.8 Å². The number of anilines is 1. The number of ketones is 1. The number of carbonyl (C=O) groups excluding carboxylic acids is 2. The van der Waals surface area contributed by atoms with Crippen LogP contribution >= 0.6 is 0 Å². The fraction of sp³-hybridized carbons (Fsp3) is 0.385. The van der Waals surface area contributed by atoms with E-state index in [-0.39, 0.29) is 24.7 Å². The predicted octanol–water partition coefficient (Wildman–Crippen LogP) is 1.92. The Kier molecular flexibility index (Phi) is 2.54. The van der Waals surface area contributed by atoms with Crippen LogP contribution in [0.25, 0.3) is 0 Å². The molecule has 3 heteroatoms. The molecule has 84 valence electrons. The highest BCUT2D eigenvalue weighted by Gasteiger charge is 2.30. The summed E-state index contributed by atoms with van der Waals surface area (Å²) in [7, 11) is 0. The molecule has 1 aromatic rings.